The number of nitrogens with one attached hydrogen (secondary N) is 1. The molecule has 0 spiro atoms. The summed E-state index contributed by atoms with van der Waals surface area (Å²) >= 11 is 0. The second kappa shape index (κ2) is 5.89. The number of hydrogen-bond donors (Lipinski definition) is 3. The zero-order valence-corrected chi connectivity index (χ0v) is 11.5. The van der Waals surface area contributed by atoms with E-state index in [-0.39, 0.29) is 6.10 Å². The van der Waals surface area contributed by atoms with Crippen LogP contribution in [0.4, 0.5) is 11.4 Å². The molecule has 0 radical (unpaired) electrons. The summed E-state index contributed by atoms with van der Waals surface area (Å²) in [5.74, 6) is 0. The Balaban J connectivity index is 2.23. The van der Waals surface area contributed by atoms with Crippen molar-refractivity contribution in [3.05, 3.63) is 30.1 Å². The van der Waals surface area contributed by atoms with Gasteiger partial charge in [0, 0.05) is 40.6 Å². The van der Waals surface area contributed by atoms with Crippen molar-refractivity contribution in [2.45, 2.75) is 32.8 Å². The Morgan fingerprint density at radius 1 is 1.37 bits per heavy atom. The van der Waals surface area contributed by atoms with Crippen LogP contribution in [-0.2, 0) is 0 Å². The van der Waals surface area contributed by atoms with Crippen LogP contribution in [0, 0.1) is 6.92 Å². The van der Waals surface area contributed by atoms with Crippen LogP contribution < -0.4 is 11.1 Å². The summed E-state index contributed by atoms with van der Waals surface area (Å²) in [4.78, 5) is 4.28. The third-order valence-corrected chi connectivity index (χ3v) is 3.34. The van der Waals surface area contributed by atoms with E-state index in [4.69, 9.17) is 5.73 Å². The largest absolute Gasteiger partial charge is 0.398 e. The number of aromatic nitrogens is 1. The SMILES string of the molecule is CCC(O)CCNc1ccc(N)c2cnc(C)cc12. The van der Waals surface area contributed by atoms with Crippen LogP contribution in [0.1, 0.15) is 25.5 Å². The number of nitrogens with two attached hydrogens (primary N) is 1. The van der Waals surface area contributed by atoms with Gasteiger partial charge in [-0.1, -0.05) is 6.92 Å². The van der Waals surface area contributed by atoms with Crippen molar-refractivity contribution in [2.24, 2.45) is 0 Å². The molecular weight excluding hydrogens is 238 g/mol. The molecule has 19 heavy (non-hydrogen) atoms. The van der Waals surface area contributed by atoms with E-state index in [0.29, 0.717) is 0 Å². The molecule has 102 valence electrons. The molecule has 0 fully saturated rings. The van der Waals surface area contributed by atoms with E-state index in [9.17, 15) is 5.11 Å². The second-order valence-corrected chi connectivity index (χ2v) is 4.85. The Morgan fingerprint density at radius 2 is 2.16 bits per heavy atom. The first kappa shape index (κ1) is 13.6. The van der Waals surface area contributed by atoms with Crippen molar-refractivity contribution in [2.75, 3.05) is 17.6 Å². The zero-order chi connectivity index (χ0) is 13.8. The summed E-state index contributed by atoms with van der Waals surface area (Å²) in [6, 6.07) is 5.90. The number of aliphatic hydroxyl groups excluding tert-OH is 1. The molecule has 2 aromatic rings. The predicted octanol–water partition coefficient (Wildman–Crippen LogP) is 2.70. The normalized spacial score (nSPS) is 12.6. The Labute approximate surface area is 113 Å². The Morgan fingerprint density at radius 3 is 2.89 bits per heavy atom. The lowest BCUT2D eigenvalue weighted by Crippen LogP contribution is -2.12. The van der Waals surface area contributed by atoms with E-state index in [1.807, 2.05) is 38.2 Å². The third kappa shape index (κ3) is 3.15. The van der Waals surface area contributed by atoms with Gasteiger partial charge < -0.3 is 16.2 Å². The van der Waals surface area contributed by atoms with Crippen LogP contribution in [0.2, 0.25) is 0 Å². The highest BCUT2D eigenvalue weighted by atomic mass is 16.3. The van der Waals surface area contributed by atoms with Gasteiger partial charge in [-0.2, -0.15) is 0 Å². The fourth-order valence-electron chi connectivity index (χ4n) is 2.10. The van der Waals surface area contributed by atoms with Crippen LogP contribution in [0.3, 0.4) is 0 Å². The molecule has 0 amide bonds. The first-order chi connectivity index (χ1) is 9.11. The summed E-state index contributed by atoms with van der Waals surface area (Å²) in [5.41, 5.74) is 8.71. The molecule has 0 saturated heterocycles. The Hall–Kier alpha value is -1.81. The molecule has 0 bridgehead atoms. The second-order valence-electron chi connectivity index (χ2n) is 4.85. The summed E-state index contributed by atoms with van der Waals surface area (Å²) in [6.45, 7) is 4.70. The number of fused-ring (bicyclic) bond motifs is 1. The smallest absolute Gasteiger partial charge is 0.0554 e. The van der Waals surface area contributed by atoms with Gasteiger partial charge in [-0.3, -0.25) is 4.98 Å². The first-order valence-corrected chi connectivity index (χ1v) is 6.68. The van der Waals surface area contributed by atoms with Crippen LogP contribution >= 0.6 is 0 Å². The number of anilines is 2. The third-order valence-electron chi connectivity index (χ3n) is 3.34. The minimum Gasteiger partial charge on any atom is -0.398 e. The van der Waals surface area contributed by atoms with Gasteiger partial charge in [0.2, 0.25) is 0 Å². The van der Waals surface area contributed by atoms with Crippen molar-refractivity contribution in [3.8, 4) is 0 Å². The predicted molar refractivity (Wildman–Crippen MR) is 80.3 cm³/mol. The Kier molecular flexibility index (Phi) is 4.22. The lowest BCUT2D eigenvalue weighted by Gasteiger charge is -2.13. The van der Waals surface area contributed by atoms with Crippen molar-refractivity contribution in [3.63, 3.8) is 0 Å². The maximum absolute atomic E-state index is 9.57. The summed E-state index contributed by atoms with van der Waals surface area (Å²) in [7, 11) is 0. The molecule has 4 nitrogen and oxygen atoms in total. The Bertz CT molecular complexity index is 569. The number of nitrogens with zero attached hydrogens (tertiary/aromatic N) is 1. The monoisotopic (exact) mass is 259 g/mol. The molecule has 1 heterocycles. The quantitative estimate of drug-likeness (QED) is 0.722. The van der Waals surface area contributed by atoms with Gasteiger partial charge in [0.1, 0.15) is 0 Å². The zero-order valence-electron chi connectivity index (χ0n) is 11.5. The highest BCUT2D eigenvalue weighted by molar-refractivity contribution is 6.00. The number of aryl methyl sites for hydroxylation is 1. The molecule has 1 unspecified atom stereocenters. The molecule has 1 aromatic heterocycles. The lowest BCUT2D eigenvalue weighted by molar-refractivity contribution is 0.164. The molecule has 0 aliphatic heterocycles. The van der Waals surface area contributed by atoms with Gasteiger partial charge in [0.25, 0.3) is 0 Å². The van der Waals surface area contributed by atoms with Crippen molar-refractivity contribution >= 4 is 22.1 Å². The number of rotatable bonds is 5. The summed E-state index contributed by atoms with van der Waals surface area (Å²) in [6.07, 6.45) is 3.10. The number of benzene rings is 1. The molecular formula is C15H21N3O. The molecule has 1 aromatic carbocycles. The molecule has 0 aliphatic rings. The molecule has 2 rings (SSSR count). The van der Waals surface area contributed by atoms with Gasteiger partial charge in [-0.25, -0.2) is 0 Å². The minimum atomic E-state index is -0.240. The van der Waals surface area contributed by atoms with E-state index < -0.39 is 0 Å². The molecule has 0 saturated carbocycles. The fourth-order valence-corrected chi connectivity index (χ4v) is 2.10. The van der Waals surface area contributed by atoms with E-state index >= 15 is 0 Å². The highest BCUT2D eigenvalue weighted by Gasteiger charge is 2.06. The number of aliphatic hydroxyl groups is 1. The van der Waals surface area contributed by atoms with Gasteiger partial charge in [0.15, 0.2) is 0 Å². The van der Waals surface area contributed by atoms with Gasteiger partial charge >= 0.3 is 0 Å². The molecule has 4 heteroatoms. The van der Waals surface area contributed by atoms with Crippen molar-refractivity contribution < 1.29 is 5.11 Å². The first-order valence-electron chi connectivity index (χ1n) is 6.68. The number of hydrogen-bond acceptors (Lipinski definition) is 4. The van der Waals surface area contributed by atoms with Crippen LogP contribution in [0.15, 0.2) is 24.4 Å². The maximum atomic E-state index is 9.57. The van der Waals surface area contributed by atoms with E-state index in [0.717, 1.165) is 47.2 Å². The van der Waals surface area contributed by atoms with Crippen molar-refractivity contribution in [1.29, 1.82) is 0 Å². The molecule has 0 aliphatic carbocycles. The van der Waals surface area contributed by atoms with Crippen LogP contribution in [0.25, 0.3) is 10.8 Å². The minimum absolute atomic E-state index is 0.240. The van der Waals surface area contributed by atoms with E-state index in [2.05, 4.69) is 10.3 Å². The summed E-state index contributed by atoms with van der Waals surface area (Å²) in [5, 5.41) is 15.0. The summed E-state index contributed by atoms with van der Waals surface area (Å²) < 4.78 is 0. The standard InChI is InChI=1S/C15H21N3O/c1-3-11(19)6-7-17-15-5-4-14(16)13-9-18-10(2)8-12(13)15/h4-5,8-9,11,17,19H,3,6-7,16H2,1-2H3. The number of nitrogen functional groups attached to an aromatic ring is 1. The average Bonchev–Trinajstić information content (AvgIpc) is 2.41. The van der Waals surface area contributed by atoms with Gasteiger partial charge in [-0.05, 0) is 38.0 Å². The fraction of sp³-hybridized carbons (Fsp3) is 0.400. The van der Waals surface area contributed by atoms with Crippen molar-refractivity contribution in [1.82, 2.24) is 4.98 Å². The molecule has 4 N–H and O–H groups in total. The van der Waals surface area contributed by atoms with Crippen LogP contribution in [-0.4, -0.2) is 22.7 Å². The number of pyridine rings is 1. The lowest BCUT2D eigenvalue weighted by atomic mass is 10.1. The van der Waals surface area contributed by atoms with Gasteiger partial charge in [0.05, 0.1) is 6.10 Å². The highest BCUT2D eigenvalue weighted by Crippen LogP contribution is 2.28. The average molecular weight is 259 g/mol. The topological polar surface area (TPSA) is 71.2 Å². The van der Waals surface area contributed by atoms with E-state index in [1.165, 1.54) is 0 Å². The van der Waals surface area contributed by atoms with Crippen LogP contribution in [0.5, 0.6) is 0 Å². The molecule has 1 atom stereocenters. The van der Waals surface area contributed by atoms with Gasteiger partial charge in [-0.15, -0.1) is 0 Å². The maximum Gasteiger partial charge on any atom is 0.0554 e. The van der Waals surface area contributed by atoms with E-state index in [1.54, 1.807) is 0 Å².